The molecule has 1 saturated carbocycles. The summed E-state index contributed by atoms with van der Waals surface area (Å²) < 4.78 is 50.9. The summed E-state index contributed by atoms with van der Waals surface area (Å²) in [6, 6.07) is 3.01. The van der Waals surface area contributed by atoms with Gasteiger partial charge in [0.05, 0.1) is 5.56 Å². The fourth-order valence-electron chi connectivity index (χ4n) is 2.61. The molecule has 2 unspecified atom stereocenters. The van der Waals surface area contributed by atoms with Crippen molar-refractivity contribution < 1.29 is 17.6 Å². The van der Waals surface area contributed by atoms with E-state index in [9.17, 15) is 17.6 Å². The summed E-state index contributed by atoms with van der Waals surface area (Å²) in [5.74, 6) is -0.318. The van der Waals surface area contributed by atoms with Crippen molar-refractivity contribution in [3.05, 3.63) is 35.1 Å². The van der Waals surface area contributed by atoms with Gasteiger partial charge in [-0.3, -0.25) is 0 Å². The van der Waals surface area contributed by atoms with Gasteiger partial charge in [-0.1, -0.05) is 13.3 Å². The summed E-state index contributed by atoms with van der Waals surface area (Å²) in [5.41, 5.74) is -0.588. The lowest BCUT2D eigenvalue weighted by atomic mass is 10.1. The van der Waals surface area contributed by atoms with Gasteiger partial charge in [0, 0.05) is 12.6 Å². The van der Waals surface area contributed by atoms with E-state index in [1.54, 1.807) is 0 Å². The Balaban J connectivity index is 2.06. The third-order valence-corrected chi connectivity index (χ3v) is 3.71. The Hall–Kier alpha value is -1.10. The van der Waals surface area contributed by atoms with Crippen LogP contribution in [0.15, 0.2) is 18.2 Å². The monoisotopic (exact) mass is 275 g/mol. The molecule has 0 spiro atoms. The largest absolute Gasteiger partial charge is 0.416 e. The molecule has 0 bridgehead atoms. The summed E-state index contributed by atoms with van der Waals surface area (Å²) >= 11 is 0. The predicted octanol–water partition coefficient (Wildman–Crippen LogP) is 4.12. The normalized spacial score (nSPS) is 23.8. The summed E-state index contributed by atoms with van der Waals surface area (Å²) in [7, 11) is 0. The highest BCUT2D eigenvalue weighted by molar-refractivity contribution is 5.26. The molecule has 0 heterocycles. The van der Waals surface area contributed by atoms with Gasteiger partial charge in [0.2, 0.25) is 0 Å². The first-order valence-corrected chi connectivity index (χ1v) is 6.46. The molecule has 1 N–H and O–H groups in total. The molecule has 1 aliphatic rings. The van der Waals surface area contributed by atoms with Crippen molar-refractivity contribution in [2.75, 3.05) is 0 Å². The minimum absolute atomic E-state index is 0.274. The van der Waals surface area contributed by atoms with Crippen LogP contribution in [0.25, 0.3) is 0 Å². The maximum Gasteiger partial charge on any atom is 0.416 e. The topological polar surface area (TPSA) is 12.0 Å². The lowest BCUT2D eigenvalue weighted by molar-refractivity contribution is -0.137. The Morgan fingerprint density at radius 1 is 1.21 bits per heavy atom. The van der Waals surface area contributed by atoms with Crippen molar-refractivity contribution in [3.63, 3.8) is 0 Å². The average molecular weight is 275 g/mol. The molecule has 0 radical (unpaired) electrons. The first kappa shape index (κ1) is 14.3. The summed E-state index contributed by atoms with van der Waals surface area (Å²) in [6.07, 6.45) is -1.20. The van der Waals surface area contributed by atoms with Crippen LogP contribution in [0.2, 0.25) is 0 Å². The third-order valence-electron chi connectivity index (χ3n) is 3.71. The Labute approximate surface area is 110 Å². The first-order valence-electron chi connectivity index (χ1n) is 6.46. The molecule has 0 aliphatic heterocycles. The second-order valence-corrected chi connectivity index (χ2v) is 5.24. The van der Waals surface area contributed by atoms with E-state index in [1.165, 1.54) is 0 Å². The zero-order valence-electron chi connectivity index (χ0n) is 10.7. The highest BCUT2D eigenvalue weighted by Crippen LogP contribution is 2.30. The molecule has 0 amide bonds. The molecule has 5 heteroatoms. The van der Waals surface area contributed by atoms with Crippen LogP contribution < -0.4 is 5.32 Å². The standard InChI is InChI=1S/C14H17F4N/c1-9-3-2-4-13(9)19-8-10-5-11(14(16,17)18)7-12(15)6-10/h5-7,9,13,19H,2-4,8H2,1H3. The van der Waals surface area contributed by atoms with Gasteiger partial charge in [0.1, 0.15) is 5.82 Å². The van der Waals surface area contributed by atoms with E-state index in [1.807, 2.05) is 0 Å². The number of hydrogen-bond donors (Lipinski definition) is 1. The lowest BCUT2D eigenvalue weighted by Crippen LogP contribution is -2.30. The third kappa shape index (κ3) is 3.69. The Kier molecular flexibility index (Phi) is 4.13. The van der Waals surface area contributed by atoms with Crippen LogP contribution in [-0.2, 0) is 12.7 Å². The fraction of sp³-hybridized carbons (Fsp3) is 0.571. The molecule has 1 aromatic carbocycles. The van der Waals surface area contributed by atoms with Gasteiger partial charge in [-0.25, -0.2) is 4.39 Å². The molecule has 0 aromatic heterocycles. The van der Waals surface area contributed by atoms with Gasteiger partial charge in [-0.2, -0.15) is 13.2 Å². The highest BCUT2D eigenvalue weighted by atomic mass is 19.4. The van der Waals surface area contributed by atoms with E-state index < -0.39 is 17.6 Å². The van der Waals surface area contributed by atoms with E-state index in [0.717, 1.165) is 31.4 Å². The SMILES string of the molecule is CC1CCCC1NCc1cc(F)cc(C(F)(F)F)c1. The number of alkyl halides is 3. The minimum Gasteiger partial charge on any atom is -0.310 e. The summed E-state index contributed by atoms with van der Waals surface area (Å²) in [4.78, 5) is 0. The van der Waals surface area contributed by atoms with Gasteiger partial charge >= 0.3 is 6.18 Å². The molecule has 1 fully saturated rings. The number of nitrogens with one attached hydrogen (secondary N) is 1. The van der Waals surface area contributed by atoms with Crippen LogP contribution in [-0.4, -0.2) is 6.04 Å². The summed E-state index contributed by atoms with van der Waals surface area (Å²) in [5, 5.41) is 3.22. The second-order valence-electron chi connectivity index (χ2n) is 5.24. The predicted molar refractivity (Wildman–Crippen MR) is 65.0 cm³/mol. The molecule has 0 saturated heterocycles. The van der Waals surface area contributed by atoms with E-state index in [2.05, 4.69) is 12.2 Å². The van der Waals surface area contributed by atoms with Gasteiger partial charge in [0.25, 0.3) is 0 Å². The molecule has 2 atom stereocenters. The van der Waals surface area contributed by atoms with Gasteiger partial charge < -0.3 is 5.32 Å². The average Bonchev–Trinajstić information content (AvgIpc) is 2.70. The Morgan fingerprint density at radius 2 is 1.95 bits per heavy atom. The summed E-state index contributed by atoms with van der Waals surface area (Å²) in [6.45, 7) is 2.40. The fourth-order valence-corrected chi connectivity index (χ4v) is 2.61. The number of halogens is 4. The quantitative estimate of drug-likeness (QED) is 0.818. The van der Waals surface area contributed by atoms with Gasteiger partial charge in [0.15, 0.2) is 0 Å². The van der Waals surface area contributed by atoms with E-state index in [-0.39, 0.29) is 6.54 Å². The van der Waals surface area contributed by atoms with Crippen LogP contribution >= 0.6 is 0 Å². The van der Waals surface area contributed by atoms with Crippen LogP contribution in [0.4, 0.5) is 17.6 Å². The van der Waals surface area contributed by atoms with Crippen LogP contribution in [0.5, 0.6) is 0 Å². The van der Waals surface area contributed by atoms with E-state index in [4.69, 9.17) is 0 Å². The molecule has 1 nitrogen and oxygen atoms in total. The second kappa shape index (κ2) is 5.49. The van der Waals surface area contributed by atoms with Crippen LogP contribution in [0.3, 0.4) is 0 Å². The molecule has 1 aromatic rings. The molecular weight excluding hydrogens is 258 g/mol. The molecular formula is C14H17F4N. The van der Waals surface area contributed by atoms with Crippen molar-refractivity contribution in [1.82, 2.24) is 5.32 Å². The molecule has 2 rings (SSSR count). The number of hydrogen-bond acceptors (Lipinski definition) is 1. The van der Waals surface area contributed by atoms with Crippen molar-refractivity contribution in [2.45, 2.75) is 44.9 Å². The van der Waals surface area contributed by atoms with Gasteiger partial charge in [-0.05, 0) is 42.5 Å². The van der Waals surface area contributed by atoms with E-state index >= 15 is 0 Å². The molecule has 1 aliphatic carbocycles. The van der Waals surface area contributed by atoms with Crippen molar-refractivity contribution >= 4 is 0 Å². The van der Waals surface area contributed by atoms with Crippen LogP contribution in [0, 0.1) is 11.7 Å². The van der Waals surface area contributed by atoms with Crippen molar-refractivity contribution in [1.29, 1.82) is 0 Å². The lowest BCUT2D eigenvalue weighted by Gasteiger charge is -2.18. The maximum absolute atomic E-state index is 13.2. The van der Waals surface area contributed by atoms with Crippen LogP contribution in [0.1, 0.15) is 37.3 Å². The zero-order chi connectivity index (χ0) is 14.0. The molecule has 106 valence electrons. The van der Waals surface area contributed by atoms with Crippen molar-refractivity contribution in [2.24, 2.45) is 5.92 Å². The number of benzene rings is 1. The first-order chi connectivity index (χ1) is 8.86. The van der Waals surface area contributed by atoms with E-state index in [0.29, 0.717) is 23.6 Å². The minimum atomic E-state index is -4.50. The Morgan fingerprint density at radius 3 is 2.53 bits per heavy atom. The maximum atomic E-state index is 13.2. The van der Waals surface area contributed by atoms with Crippen molar-refractivity contribution in [3.8, 4) is 0 Å². The smallest absolute Gasteiger partial charge is 0.310 e. The highest BCUT2D eigenvalue weighted by Gasteiger charge is 2.31. The zero-order valence-corrected chi connectivity index (χ0v) is 10.7. The molecule has 19 heavy (non-hydrogen) atoms. The van der Waals surface area contributed by atoms with Gasteiger partial charge in [-0.15, -0.1) is 0 Å². The number of rotatable bonds is 3. The Bertz CT molecular complexity index is 442.